The quantitative estimate of drug-likeness (QED) is 0.839. The van der Waals surface area contributed by atoms with Crippen LogP contribution >= 0.6 is 11.3 Å². The van der Waals surface area contributed by atoms with E-state index in [1.165, 1.54) is 30.6 Å². The Morgan fingerprint density at radius 2 is 1.88 bits per heavy atom. The number of sulfonamides is 1. The number of fused-ring (bicyclic) bond motifs is 2. The molecule has 1 amide bonds. The first-order chi connectivity index (χ1) is 12.0. The Balaban J connectivity index is 1.41. The fourth-order valence-corrected chi connectivity index (χ4v) is 6.04. The van der Waals surface area contributed by atoms with E-state index in [1.807, 2.05) is 0 Å². The van der Waals surface area contributed by atoms with Gasteiger partial charge in [-0.05, 0) is 66.8 Å². The van der Waals surface area contributed by atoms with Crippen LogP contribution in [0.1, 0.15) is 36.0 Å². The maximum absolute atomic E-state index is 12.4. The summed E-state index contributed by atoms with van der Waals surface area (Å²) in [5.74, 6) is 1.33. The minimum absolute atomic E-state index is 0.0785. The Morgan fingerprint density at radius 1 is 1.08 bits per heavy atom. The summed E-state index contributed by atoms with van der Waals surface area (Å²) in [6, 6.07) is 10.1. The summed E-state index contributed by atoms with van der Waals surface area (Å²) < 4.78 is 27.2. The molecule has 0 saturated heterocycles. The zero-order valence-electron chi connectivity index (χ0n) is 13.6. The number of amides is 1. The molecule has 0 radical (unpaired) electrons. The molecular weight excluding hydrogens is 356 g/mol. The van der Waals surface area contributed by atoms with E-state index in [2.05, 4.69) is 10.0 Å². The summed E-state index contributed by atoms with van der Waals surface area (Å²) in [5.41, 5.74) is 1.01. The van der Waals surface area contributed by atoms with Crippen LogP contribution in [0.3, 0.4) is 0 Å². The van der Waals surface area contributed by atoms with E-state index in [-0.39, 0.29) is 10.1 Å². The highest BCUT2D eigenvalue weighted by molar-refractivity contribution is 7.94. The molecule has 0 aliphatic heterocycles. The Kier molecular flexibility index (Phi) is 4.29. The first kappa shape index (κ1) is 16.6. The lowest BCUT2D eigenvalue weighted by Gasteiger charge is -2.22. The third-order valence-electron chi connectivity index (χ3n) is 5.21. The topological polar surface area (TPSA) is 75.3 Å². The number of thiophene rings is 1. The lowest BCUT2D eigenvalue weighted by atomic mass is 9.95. The molecule has 1 aromatic heterocycles. The SMILES string of the molecule is O=C(NC1CC2CCC1C2)c1ccc(NS(=O)(=O)c2cccs2)cc1. The number of hydrogen-bond donors (Lipinski definition) is 2. The molecule has 2 bridgehead atoms. The molecule has 2 aliphatic rings. The van der Waals surface area contributed by atoms with Crippen molar-refractivity contribution in [2.24, 2.45) is 11.8 Å². The molecule has 1 aromatic carbocycles. The molecule has 25 heavy (non-hydrogen) atoms. The van der Waals surface area contributed by atoms with E-state index in [0.717, 1.165) is 12.3 Å². The number of benzene rings is 1. The van der Waals surface area contributed by atoms with Crippen molar-refractivity contribution in [3.05, 3.63) is 47.3 Å². The van der Waals surface area contributed by atoms with Gasteiger partial charge in [0, 0.05) is 17.3 Å². The molecule has 3 unspecified atom stereocenters. The average Bonchev–Trinajstić information content (AvgIpc) is 3.33. The van der Waals surface area contributed by atoms with Crippen LogP contribution in [0.4, 0.5) is 5.69 Å². The maximum Gasteiger partial charge on any atom is 0.271 e. The van der Waals surface area contributed by atoms with Gasteiger partial charge < -0.3 is 5.32 Å². The second kappa shape index (κ2) is 6.46. The molecule has 3 atom stereocenters. The zero-order chi connectivity index (χ0) is 17.4. The van der Waals surface area contributed by atoms with E-state index in [1.54, 1.807) is 41.8 Å². The van der Waals surface area contributed by atoms with Gasteiger partial charge in [-0.2, -0.15) is 0 Å². The van der Waals surface area contributed by atoms with Gasteiger partial charge in [0.2, 0.25) is 0 Å². The van der Waals surface area contributed by atoms with Crippen LogP contribution in [0.25, 0.3) is 0 Å². The second-order valence-electron chi connectivity index (χ2n) is 6.87. The fraction of sp³-hybridized carbons (Fsp3) is 0.389. The van der Waals surface area contributed by atoms with Gasteiger partial charge in [0.25, 0.3) is 15.9 Å². The first-order valence-electron chi connectivity index (χ1n) is 8.48. The third kappa shape index (κ3) is 3.43. The highest BCUT2D eigenvalue weighted by atomic mass is 32.2. The molecule has 132 valence electrons. The van der Waals surface area contributed by atoms with Crippen LogP contribution in [0.2, 0.25) is 0 Å². The zero-order valence-corrected chi connectivity index (χ0v) is 15.3. The molecule has 7 heteroatoms. The average molecular weight is 377 g/mol. The molecule has 2 fully saturated rings. The van der Waals surface area contributed by atoms with Gasteiger partial charge in [0.15, 0.2) is 0 Å². The van der Waals surface area contributed by atoms with Gasteiger partial charge in [-0.15, -0.1) is 11.3 Å². The Labute approximate surface area is 151 Å². The minimum Gasteiger partial charge on any atom is -0.349 e. The standard InChI is InChI=1S/C18H20N2O3S2/c21-18(19-16-11-12-3-4-14(16)10-12)13-5-7-15(8-6-13)20-25(22,23)17-2-1-9-24-17/h1-2,5-9,12,14,16,20H,3-4,10-11H2,(H,19,21). The van der Waals surface area contributed by atoms with Crippen molar-refractivity contribution < 1.29 is 13.2 Å². The van der Waals surface area contributed by atoms with E-state index < -0.39 is 10.0 Å². The molecule has 2 saturated carbocycles. The normalized spacial score (nSPS) is 25.0. The smallest absolute Gasteiger partial charge is 0.271 e. The van der Waals surface area contributed by atoms with E-state index in [0.29, 0.717) is 23.2 Å². The predicted molar refractivity (Wildman–Crippen MR) is 98.3 cm³/mol. The second-order valence-corrected chi connectivity index (χ2v) is 9.73. The summed E-state index contributed by atoms with van der Waals surface area (Å²) >= 11 is 1.17. The van der Waals surface area contributed by atoms with Crippen LogP contribution in [0.15, 0.2) is 46.0 Å². The highest BCUT2D eigenvalue weighted by Gasteiger charge is 2.40. The van der Waals surface area contributed by atoms with Crippen molar-refractivity contribution in [1.82, 2.24) is 5.32 Å². The fourth-order valence-electron chi connectivity index (χ4n) is 3.98. The van der Waals surface area contributed by atoms with Crippen LogP contribution in [-0.2, 0) is 10.0 Å². The molecule has 2 aromatic rings. The molecule has 2 aliphatic carbocycles. The van der Waals surface area contributed by atoms with Crippen molar-refractivity contribution in [1.29, 1.82) is 0 Å². The summed E-state index contributed by atoms with van der Waals surface area (Å²) in [6.07, 6.45) is 4.86. The molecule has 5 nitrogen and oxygen atoms in total. The van der Waals surface area contributed by atoms with E-state index in [9.17, 15) is 13.2 Å². The van der Waals surface area contributed by atoms with Crippen LogP contribution < -0.4 is 10.0 Å². The van der Waals surface area contributed by atoms with Crippen molar-refractivity contribution in [3.63, 3.8) is 0 Å². The van der Waals surface area contributed by atoms with Crippen molar-refractivity contribution in [2.75, 3.05) is 4.72 Å². The van der Waals surface area contributed by atoms with Crippen LogP contribution in [0.5, 0.6) is 0 Å². The highest BCUT2D eigenvalue weighted by Crippen LogP contribution is 2.44. The summed E-state index contributed by atoms with van der Waals surface area (Å²) in [5, 5.41) is 4.86. The monoisotopic (exact) mass is 376 g/mol. The Hall–Kier alpha value is -1.86. The van der Waals surface area contributed by atoms with Crippen molar-refractivity contribution in [2.45, 2.75) is 35.9 Å². The largest absolute Gasteiger partial charge is 0.349 e. The lowest BCUT2D eigenvalue weighted by Crippen LogP contribution is -2.38. The third-order valence-corrected chi connectivity index (χ3v) is 7.99. The van der Waals surface area contributed by atoms with Gasteiger partial charge in [-0.25, -0.2) is 8.42 Å². The van der Waals surface area contributed by atoms with Gasteiger partial charge in [0.1, 0.15) is 4.21 Å². The lowest BCUT2D eigenvalue weighted by molar-refractivity contribution is 0.0923. The Bertz CT molecular complexity index is 860. The van der Waals surface area contributed by atoms with Gasteiger partial charge >= 0.3 is 0 Å². The number of anilines is 1. The number of nitrogens with one attached hydrogen (secondary N) is 2. The first-order valence-corrected chi connectivity index (χ1v) is 10.8. The minimum atomic E-state index is -3.56. The molecule has 1 heterocycles. The predicted octanol–water partition coefficient (Wildman–Crippen LogP) is 3.47. The summed E-state index contributed by atoms with van der Waals surface area (Å²) in [6.45, 7) is 0. The van der Waals surface area contributed by atoms with Crippen LogP contribution in [0, 0.1) is 11.8 Å². The molecule has 0 spiro atoms. The van der Waals surface area contributed by atoms with Crippen molar-refractivity contribution in [3.8, 4) is 0 Å². The summed E-state index contributed by atoms with van der Waals surface area (Å²) in [4.78, 5) is 12.4. The van der Waals surface area contributed by atoms with Gasteiger partial charge in [-0.1, -0.05) is 12.5 Å². The number of carbonyl (C=O) groups excluding carboxylic acids is 1. The van der Waals surface area contributed by atoms with Crippen LogP contribution in [-0.4, -0.2) is 20.4 Å². The van der Waals surface area contributed by atoms with Gasteiger partial charge in [0.05, 0.1) is 0 Å². The number of rotatable bonds is 5. The van der Waals surface area contributed by atoms with E-state index in [4.69, 9.17) is 0 Å². The van der Waals surface area contributed by atoms with Crippen molar-refractivity contribution >= 4 is 33.0 Å². The Morgan fingerprint density at radius 3 is 2.48 bits per heavy atom. The molecule has 4 rings (SSSR count). The molecular formula is C18H20N2O3S2. The van der Waals surface area contributed by atoms with Gasteiger partial charge in [-0.3, -0.25) is 9.52 Å². The van der Waals surface area contributed by atoms with E-state index >= 15 is 0 Å². The number of hydrogen-bond acceptors (Lipinski definition) is 4. The maximum atomic E-state index is 12.4. The molecule has 2 N–H and O–H groups in total. The summed E-state index contributed by atoms with van der Waals surface area (Å²) in [7, 11) is -3.56. The number of carbonyl (C=O) groups is 1.